The van der Waals surface area contributed by atoms with Gasteiger partial charge in [0.2, 0.25) is 0 Å². The van der Waals surface area contributed by atoms with Crippen molar-refractivity contribution in [1.82, 2.24) is 4.98 Å². The van der Waals surface area contributed by atoms with Crippen LogP contribution in [0.2, 0.25) is 0 Å². The summed E-state index contributed by atoms with van der Waals surface area (Å²) in [5, 5.41) is 8.34. The van der Waals surface area contributed by atoms with Gasteiger partial charge in [0, 0.05) is 19.8 Å². The third kappa shape index (κ3) is 1.85. The molecule has 1 rings (SSSR count). The number of hydrogen-bond donors (Lipinski definition) is 1. The average Bonchev–Trinajstić information content (AvgIpc) is 1.90. The van der Waals surface area contributed by atoms with Gasteiger partial charge in [0.05, 0.1) is 5.56 Å². The Morgan fingerprint density at radius 1 is 1.60 bits per heavy atom. The summed E-state index contributed by atoms with van der Waals surface area (Å²) >= 11 is 0. The third-order valence-electron chi connectivity index (χ3n) is 0.908. The van der Waals surface area contributed by atoms with Gasteiger partial charge in [-0.2, -0.15) is 0 Å². The van der Waals surface area contributed by atoms with Crippen molar-refractivity contribution in [2.45, 2.75) is 0 Å². The third-order valence-corrected chi connectivity index (χ3v) is 0.908. The van der Waals surface area contributed by atoms with Gasteiger partial charge in [0.15, 0.2) is 0 Å². The van der Waals surface area contributed by atoms with E-state index in [0.29, 0.717) is 0 Å². The first-order chi connectivity index (χ1) is 4.30. The highest BCUT2D eigenvalue weighted by Crippen LogP contribution is 1.92. The van der Waals surface area contributed by atoms with E-state index in [1.54, 1.807) is 6.07 Å². The molecule has 0 saturated heterocycles. The Balaban J connectivity index is 0.000000810. The lowest BCUT2D eigenvalue weighted by Crippen LogP contribution is -1.94. The molecule has 0 spiro atoms. The van der Waals surface area contributed by atoms with Crippen LogP contribution < -0.4 is 0 Å². The Hall–Kier alpha value is -1.38. The number of nitrogens with zero attached hydrogens (tertiary/aromatic N) is 1. The summed E-state index contributed by atoms with van der Waals surface area (Å²) in [6.07, 6.45) is 2.84. The fraction of sp³-hybridized carbons (Fsp3) is 0. The Kier molecular flexibility index (Phi) is 3.11. The zero-order valence-electron chi connectivity index (χ0n) is 5.11. The fourth-order valence-corrected chi connectivity index (χ4v) is 0.489. The van der Waals surface area contributed by atoms with Crippen LogP contribution in [0.4, 0.5) is 0 Å². The van der Waals surface area contributed by atoms with Crippen molar-refractivity contribution in [3.63, 3.8) is 0 Å². The summed E-state index contributed by atoms with van der Waals surface area (Å²) in [6.45, 7) is 0. The summed E-state index contributed by atoms with van der Waals surface area (Å²) in [5.74, 6) is -0.942. The van der Waals surface area contributed by atoms with Crippen molar-refractivity contribution in [3.8, 4) is 0 Å². The maximum absolute atomic E-state index is 10.2. The number of rotatable bonds is 1. The van der Waals surface area contributed by atoms with E-state index in [9.17, 15) is 4.79 Å². The van der Waals surface area contributed by atoms with Crippen LogP contribution in [0.1, 0.15) is 10.4 Å². The van der Waals surface area contributed by atoms with Gasteiger partial charge in [-0.1, -0.05) is 0 Å². The van der Waals surface area contributed by atoms with Crippen LogP contribution in [0, 0.1) is 7.43 Å². The SMILES string of the molecule is O=C(O)c1cccnc1.[C]. The van der Waals surface area contributed by atoms with Gasteiger partial charge in [0.1, 0.15) is 0 Å². The predicted octanol–water partition coefficient (Wildman–Crippen LogP) is 0.861. The van der Waals surface area contributed by atoms with Crippen LogP contribution in [0.25, 0.3) is 0 Å². The lowest BCUT2D eigenvalue weighted by molar-refractivity contribution is 0.0696. The maximum Gasteiger partial charge on any atom is 0.337 e. The highest BCUT2D eigenvalue weighted by Gasteiger charge is 1.97. The van der Waals surface area contributed by atoms with Crippen molar-refractivity contribution in [1.29, 1.82) is 0 Å². The van der Waals surface area contributed by atoms with Crippen LogP contribution in [-0.4, -0.2) is 16.1 Å². The smallest absolute Gasteiger partial charge is 0.337 e. The molecule has 1 aromatic heterocycles. The van der Waals surface area contributed by atoms with E-state index in [2.05, 4.69) is 4.98 Å². The Morgan fingerprint density at radius 2 is 2.30 bits per heavy atom. The molecule has 0 aliphatic rings. The summed E-state index contributed by atoms with van der Waals surface area (Å²) in [7, 11) is 0. The lowest BCUT2D eigenvalue weighted by Gasteiger charge is -1.87. The van der Waals surface area contributed by atoms with Crippen LogP contribution in [0.5, 0.6) is 0 Å². The van der Waals surface area contributed by atoms with Crippen LogP contribution in [-0.2, 0) is 0 Å². The van der Waals surface area contributed by atoms with Crippen LogP contribution in [0.15, 0.2) is 24.5 Å². The molecular weight excluding hydrogens is 130 g/mol. The molecule has 0 saturated carbocycles. The van der Waals surface area contributed by atoms with Gasteiger partial charge in [-0.25, -0.2) is 4.79 Å². The average molecular weight is 135 g/mol. The van der Waals surface area contributed by atoms with Gasteiger partial charge >= 0.3 is 5.97 Å². The molecule has 1 heterocycles. The van der Waals surface area contributed by atoms with Crippen molar-refractivity contribution in [2.24, 2.45) is 0 Å². The number of carboxylic acids is 1. The standard InChI is InChI=1S/C6H5NO2.C/c8-6(9)5-2-1-3-7-4-5;/h1-4H,(H,8,9);. The highest BCUT2D eigenvalue weighted by atomic mass is 16.4. The predicted molar refractivity (Wildman–Crippen MR) is 34.4 cm³/mol. The molecule has 1 aromatic rings. The Morgan fingerprint density at radius 3 is 2.60 bits per heavy atom. The Bertz CT molecular complexity index is 208. The highest BCUT2D eigenvalue weighted by molar-refractivity contribution is 5.86. The van der Waals surface area contributed by atoms with E-state index in [4.69, 9.17) is 5.11 Å². The largest absolute Gasteiger partial charge is 0.478 e. The van der Waals surface area contributed by atoms with Gasteiger partial charge in [-0.3, -0.25) is 4.98 Å². The van der Waals surface area contributed by atoms with Crippen molar-refractivity contribution in [2.75, 3.05) is 0 Å². The molecule has 3 heteroatoms. The summed E-state index contributed by atoms with van der Waals surface area (Å²) < 4.78 is 0. The van der Waals surface area contributed by atoms with Gasteiger partial charge in [-0.05, 0) is 12.1 Å². The topological polar surface area (TPSA) is 50.2 Å². The minimum Gasteiger partial charge on any atom is -0.478 e. The Labute approximate surface area is 59.3 Å². The molecule has 0 aromatic carbocycles. The molecular formula is C7H5NO2. The molecule has 0 atom stereocenters. The number of carbonyl (C=O) groups is 1. The molecule has 3 nitrogen and oxygen atoms in total. The first kappa shape index (κ1) is 8.62. The molecule has 0 unspecified atom stereocenters. The van der Waals surface area contributed by atoms with E-state index in [0.717, 1.165) is 0 Å². The molecule has 0 fully saturated rings. The van der Waals surface area contributed by atoms with E-state index < -0.39 is 5.97 Å². The van der Waals surface area contributed by atoms with Crippen LogP contribution in [0.3, 0.4) is 0 Å². The van der Waals surface area contributed by atoms with E-state index in [-0.39, 0.29) is 13.0 Å². The second kappa shape index (κ2) is 3.61. The minimum atomic E-state index is -0.942. The van der Waals surface area contributed by atoms with Crippen molar-refractivity contribution < 1.29 is 9.90 Å². The van der Waals surface area contributed by atoms with Crippen LogP contribution >= 0.6 is 0 Å². The maximum atomic E-state index is 10.2. The first-order valence-corrected chi connectivity index (χ1v) is 2.44. The molecule has 0 bridgehead atoms. The number of carboxylic acid groups (broad SMARTS) is 1. The molecule has 0 amide bonds. The molecule has 0 aliphatic carbocycles. The monoisotopic (exact) mass is 135 g/mol. The lowest BCUT2D eigenvalue weighted by atomic mass is 10.3. The van der Waals surface area contributed by atoms with E-state index in [1.807, 2.05) is 0 Å². The molecule has 4 radical (unpaired) electrons. The number of aromatic nitrogens is 1. The van der Waals surface area contributed by atoms with Gasteiger partial charge in [-0.15, -0.1) is 0 Å². The van der Waals surface area contributed by atoms with E-state index in [1.165, 1.54) is 18.5 Å². The second-order valence-corrected chi connectivity index (χ2v) is 1.55. The molecule has 50 valence electrons. The zero-order valence-corrected chi connectivity index (χ0v) is 5.11. The second-order valence-electron chi connectivity index (χ2n) is 1.55. The molecule has 1 N–H and O–H groups in total. The zero-order chi connectivity index (χ0) is 6.69. The number of pyridine rings is 1. The number of aromatic carboxylic acids is 1. The molecule has 10 heavy (non-hydrogen) atoms. The van der Waals surface area contributed by atoms with Gasteiger partial charge in [0.25, 0.3) is 0 Å². The summed E-state index contributed by atoms with van der Waals surface area (Å²) in [4.78, 5) is 13.8. The van der Waals surface area contributed by atoms with Crippen molar-refractivity contribution >= 4 is 5.97 Å². The first-order valence-electron chi connectivity index (χ1n) is 2.44. The molecule has 0 aliphatic heterocycles. The fourth-order valence-electron chi connectivity index (χ4n) is 0.489. The van der Waals surface area contributed by atoms with E-state index >= 15 is 0 Å². The summed E-state index contributed by atoms with van der Waals surface area (Å²) in [5.41, 5.74) is 0.220. The minimum absolute atomic E-state index is 0. The summed E-state index contributed by atoms with van der Waals surface area (Å²) in [6, 6.07) is 3.08. The van der Waals surface area contributed by atoms with Gasteiger partial charge < -0.3 is 5.11 Å². The van der Waals surface area contributed by atoms with Crippen molar-refractivity contribution in [3.05, 3.63) is 37.5 Å². The normalized spacial score (nSPS) is 8.00. The number of hydrogen-bond acceptors (Lipinski definition) is 2. The quantitative estimate of drug-likeness (QED) is 0.621.